The summed E-state index contributed by atoms with van der Waals surface area (Å²) >= 11 is 0. The average molecular weight is 502 g/mol. The van der Waals surface area contributed by atoms with E-state index in [0.717, 1.165) is 36.0 Å². The summed E-state index contributed by atoms with van der Waals surface area (Å²) in [5.41, 5.74) is 4.08. The minimum Gasteiger partial charge on any atom is -0.478 e. The first kappa shape index (κ1) is 25.9. The van der Waals surface area contributed by atoms with E-state index in [2.05, 4.69) is 22.2 Å². The molecule has 0 bridgehead atoms. The number of nitrogens with zero attached hydrogens (tertiary/aromatic N) is 1. The predicted molar refractivity (Wildman–Crippen MR) is 142 cm³/mol. The largest absolute Gasteiger partial charge is 0.478 e. The van der Waals surface area contributed by atoms with E-state index in [0.29, 0.717) is 29.0 Å². The molecular formula is C29H31N3O5. The fourth-order valence-electron chi connectivity index (χ4n) is 4.31. The number of aryl methyl sites for hydroxylation is 1. The molecule has 37 heavy (non-hydrogen) atoms. The Hall–Kier alpha value is -4.17. The first-order valence-electron chi connectivity index (χ1n) is 12.2. The monoisotopic (exact) mass is 501 g/mol. The topological polar surface area (TPSA) is 114 Å². The lowest BCUT2D eigenvalue weighted by molar-refractivity contribution is 0.0696. The minimum atomic E-state index is -0.983. The van der Waals surface area contributed by atoms with Gasteiger partial charge in [-0.15, -0.1) is 0 Å². The van der Waals surface area contributed by atoms with E-state index < -0.39 is 12.1 Å². The van der Waals surface area contributed by atoms with Crippen LogP contribution in [-0.4, -0.2) is 41.3 Å². The zero-order chi connectivity index (χ0) is 26.4. The molecule has 1 amide bonds. The Balaban J connectivity index is 1.34. The molecule has 1 aromatic heterocycles. The third-order valence-electron chi connectivity index (χ3n) is 6.48. The second-order valence-corrected chi connectivity index (χ2v) is 9.12. The van der Waals surface area contributed by atoms with Gasteiger partial charge in [0.1, 0.15) is 18.1 Å². The second-order valence-electron chi connectivity index (χ2n) is 9.12. The van der Waals surface area contributed by atoms with Crippen molar-refractivity contribution in [2.45, 2.75) is 44.9 Å². The number of rotatable bonds is 9. The van der Waals surface area contributed by atoms with Crippen LogP contribution in [0.3, 0.4) is 0 Å². The molecule has 0 saturated heterocycles. The van der Waals surface area contributed by atoms with Crippen LogP contribution in [0.25, 0.3) is 23.1 Å². The van der Waals surface area contributed by atoms with Crippen molar-refractivity contribution in [1.29, 1.82) is 0 Å². The van der Waals surface area contributed by atoms with Crippen LogP contribution in [0.1, 0.15) is 52.2 Å². The van der Waals surface area contributed by atoms with Crippen LogP contribution in [0, 0.1) is 6.92 Å². The van der Waals surface area contributed by atoms with Crippen molar-refractivity contribution in [3.05, 3.63) is 89.3 Å². The summed E-state index contributed by atoms with van der Waals surface area (Å²) < 4.78 is 11.2. The molecule has 2 atom stereocenters. The average Bonchev–Trinajstić information content (AvgIpc) is 3.52. The maximum atomic E-state index is 12.2. The molecule has 192 valence electrons. The highest BCUT2D eigenvalue weighted by Crippen LogP contribution is 2.24. The fraction of sp³-hybridized carbons (Fsp3) is 0.276. The third-order valence-corrected chi connectivity index (χ3v) is 6.48. The van der Waals surface area contributed by atoms with Gasteiger partial charge in [-0.1, -0.05) is 30.9 Å². The van der Waals surface area contributed by atoms with Crippen molar-refractivity contribution < 1.29 is 23.8 Å². The number of carboxylic acid groups (broad SMARTS) is 1. The van der Waals surface area contributed by atoms with Gasteiger partial charge in [-0.2, -0.15) is 0 Å². The van der Waals surface area contributed by atoms with Gasteiger partial charge >= 0.3 is 12.1 Å². The summed E-state index contributed by atoms with van der Waals surface area (Å²) in [4.78, 5) is 27.8. The molecule has 1 heterocycles. The summed E-state index contributed by atoms with van der Waals surface area (Å²) in [6, 6.07) is 14.7. The van der Waals surface area contributed by atoms with Crippen LogP contribution >= 0.6 is 0 Å². The van der Waals surface area contributed by atoms with Crippen LogP contribution < -0.4 is 10.6 Å². The van der Waals surface area contributed by atoms with Crippen molar-refractivity contribution >= 4 is 23.7 Å². The van der Waals surface area contributed by atoms with Gasteiger partial charge in [-0.05, 0) is 86.3 Å². The molecule has 0 spiro atoms. The van der Waals surface area contributed by atoms with E-state index in [-0.39, 0.29) is 18.2 Å². The van der Waals surface area contributed by atoms with Gasteiger partial charge in [0.25, 0.3) is 0 Å². The molecule has 3 aromatic rings. The van der Waals surface area contributed by atoms with Crippen LogP contribution in [0.15, 0.2) is 65.6 Å². The normalized spacial score (nSPS) is 17.1. The Labute approximate surface area is 216 Å². The van der Waals surface area contributed by atoms with Crippen molar-refractivity contribution in [1.82, 2.24) is 15.6 Å². The number of aromatic carboxylic acids is 1. The van der Waals surface area contributed by atoms with Crippen LogP contribution in [-0.2, 0) is 11.3 Å². The Morgan fingerprint density at radius 1 is 1.16 bits per heavy atom. The number of oxazole rings is 1. The molecule has 0 aliphatic heterocycles. The maximum Gasteiger partial charge on any atom is 0.407 e. The number of carboxylic acids is 1. The molecule has 4 rings (SSSR count). The van der Waals surface area contributed by atoms with Crippen LogP contribution in [0.5, 0.6) is 0 Å². The Morgan fingerprint density at radius 3 is 2.62 bits per heavy atom. The Kier molecular flexibility index (Phi) is 8.20. The highest BCUT2D eigenvalue weighted by Gasteiger charge is 2.25. The van der Waals surface area contributed by atoms with Gasteiger partial charge in [-0.3, -0.25) is 0 Å². The summed E-state index contributed by atoms with van der Waals surface area (Å²) in [5, 5.41) is 15.3. The minimum absolute atomic E-state index is 0.144. The van der Waals surface area contributed by atoms with Gasteiger partial charge in [-0.25, -0.2) is 14.6 Å². The maximum absolute atomic E-state index is 12.2. The number of nitrogens with one attached hydrogen (secondary N) is 2. The van der Waals surface area contributed by atoms with Crippen molar-refractivity contribution in [3.8, 4) is 11.5 Å². The van der Waals surface area contributed by atoms with Crippen LogP contribution in [0.2, 0.25) is 0 Å². The number of alkyl carbamates (subject to hydrolysis) is 1. The molecule has 0 radical (unpaired) electrons. The first-order chi connectivity index (χ1) is 17.8. The van der Waals surface area contributed by atoms with E-state index in [1.54, 1.807) is 12.1 Å². The lowest BCUT2D eigenvalue weighted by Gasteiger charge is -2.13. The van der Waals surface area contributed by atoms with E-state index >= 15 is 0 Å². The number of ether oxygens (including phenoxy) is 1. The summed E-state index contributed by atoms with van der Waals surface area (Å²) in [6.07, 6.45) is 6.19. The number of carbonyl (C=O) groups excluding carboxylic acids is 1. The van der Waals surface area contributed by atoms with Gasteiger partial charge in [0.2, 0.25) is 5.89 Å². The molecule has 0 unspecified atom stereocenters. The molecule has 2 aromatic carbocycles. The zero-order valence-electron chi connectivity index (χ0n) is 21.0. The van der Waals surface area contributed by atoms with Gasteiger partial charge in [0, 0.05) is 17.6 Å². The highest BCUT2D eigenvalue weighted by molar-refractivity contribution is 5.88. The Bertz CT molecular complexity index is 1310. The van der Waals surface area contributed by atoms with E-state index in [4.69, 9.17) is 14.3 Å². The quantitative estimate of drug-likeness (QED) is 0.335. The molecule has 8 heteroatoms. The molecule has 1 aliphatic carbocycles. The van der Waals surface area contributed by atoms with E-state index in [1.807, 2.05) is 50.4 Å². The van der Waals surface area contributed by atoms with E-state index in [9.17, 15) is 9.59 Å². The van der Waals surface area contributed by atoms with Crippen molar-refractivity contribution in [3.63, 3.8) is 0 Å². The number of hydrogen-bond acceptors (Lipinski definition) is 6. The zero-order valence-corrected chi connectivity index (χ0v) is 21.0. The molecule has 1 fully saturated rings. The standard InChI is InChI=1S/C29H31N3O5/c1-18(7-14-26-19(2)37-27(32-26)21-8-10-22(11-9-21)28(33)34)23-6-4-5-20(15-23)17-36-29(35)31-25-13-12-24(16-25)30-3/h4-11,14-15,24-25,30H,1,12-13,16-17H2,2-3H3,(H,31,35)(H,33,34)/b14-7-/t24-,25+/m1/s1. The van der Waals surface area contributed by atoms with E-state index in [1.165, 1.54) is 12.1 Å². The van der Waals surface area contributed by atoms with Crippen LogP contribution in [0.4, 0.5) is 4.79 Å². The smallest absolute Gasteiger partial charge is 0.407 e. The SMILES string of the molecule is C=C(/C=C\c1nc(-c2ccc(C(=O)O)cc2)oc1C)c1cccc(COC(=O)N[C@H]2CC[C@@H](NC)C2)c1. The number of carbonyl (C=O) groups is 2. The highest BCUT2D eigenvalue weighted by atomic mass is 16.5. The van der Waals surface area contributed by atoms with Gasteiger partial charge in [0.15, 0.2) is 0 Å². The summed E-state index contributed by atoms with van der Waals surface area (Å²) in [7, 11) is 1.94. The molecule has 1 aliphatic rings. The molecule has 1 saturated carbocycles. The first-order valence-corrected chi connectivity index (χ1v) is 12.2. The number of amides is 1. The number of aromatic nitrogens is 1. The summed E-state index contributed by atoms with van der Waals surface area (Å²) in [5.74, 6) is 0.0668. The second kappa shape index (κ2) is 11.7. The fourth-order valence-corrected chi connectivity index (χ4v) is 4.31. The lowest BCUT2D eigenvalue weighted by atomic mass is 10.0. The van der Waals surface area contributed by atoms with Crippen molar-refractivity contribution in [2.75, 3.05) is 7.05 Å². The number of hydrogen-bond donors (Lipinski definition) is 3. The Morgan fingerprint density at radius 2 is 1.92 bits per heavy atom. The summed E-state index contributed by atoms with van der Waals surface area (Å²) in [6.45, 7) is 6.14. The molecule has 3 N–H and O–H groups in total. The van der Waals surface area contributed by atoms with Crippen molar-refractivity contribution in [2.24, 2.45) is 0 Å². The van der Waals surface area contributed by atoms with Gasteiger partial charge in [0.05, 0.1) is 5.56 Å². The lowest BCUT2D eigenvalue weighted by Crippen LogP contribution is -2.34. The predicted octanol–water partition coefficient (Wildman–Crippen LogP) is 5.44. The number of benzene rings is 2. The van der Waals surface area contributed by atoms with Gasteiger partial charge < -0.3 is 24.9 Å². The number of allylic oxidation sites excluding steroid dienone is 2. The molecular weight excluding hydrogens is 470 g/mol. The molecule has 8 nitrogen and oxygen atoms in total. The third kappa shape index (κ3) is 6.74.